The van der Waals surface area contributed by atoms with E-state index in [1.165, 1.54) is 37.2 Å². The molecule has 1 saturated carbocycles. The van der Waals surface area contributed by atoms with Crippen LogP contribution < -0.4 is 9.62 Å². The normalized spacial score (nSPS) is 14.7. The molecule has 230 valence electrons. The zero-order valence-corrected chi connectivity index (χ0v) is 26.0. The van der Waals surface area contributed by atoms with Crippen LogP contribution in [0.25, 0.3) is 0 Å². The Morgan fingerprint density at radius 3 is 2.23 bits per heavy atom. The molecular weight excluding hydrogens is 591 g/mol. The lowest BCUT2D eigenvalue weighted by molar-refractivity contribution is -0.140. The minimum absolute atomic E-state index is 0.00771. The zero-order chi connectivity index (χ0) is 31.0. The largest absolute Gasteiger partial charge is 0.352 e. The number of para-hydroxylation sites is 1. The Bertz CT molecular complexity index is 1500. The van der Waals surface area contributed by atoms with E-state index in [1.807, 2.05) is 30.3 Å². The van der Waals surface area contributed by atoms with Gasteiger partial charge in [0.2, 0.25) is 11.8 Å². The molecular formula is C32H38ClFN4O4S. The molecule has 0 aliphatic heterocycles. The van der Waals surface area contributed by atoms with Crippen molar-refractivity contribution in [3.63, 3.8) is 0 Å². The molecule has 0 heterocycles. The lowest BCUT2D eigenvalue weighted by atomic mass is 9.94. The summed E-state index contributed by atoms with van der Waals surface area (Å²) in [5.74, 6) is -1.77. The van der Waals surface area contributed by atoms with Crippen molar-refractivity contribution in [1.82, 2.24) is 14.5 Å². The summed E-state index contributed by atoms with van der Waals surface area (Å²) in [6, 6.07) is 20.7. The second-order valence-electron chi connectivity index (χ2n) is 10.9. The highest BCUT2D eigenvalue weighted by molar-refractivity contribution is 7.90. The molecule has 0 radical (unpaired) electrons. The maximum atomic E-state index is 15.0. The van der Waals surface area contributed by atoms with Gasteiger partial charge in [0.1, 0.15) is 18.4 Å². The molecule has 2 amide bonds. The van der Waals surface area contributed by atoms with Crippen molar-refractivity contribution in [3.05, 3.63) is 101 Å². The summed E-state index contributed by atoms with van der Waals surface area (Å²) >= 11 is 6.27. The molecule has 8 nitrogen and oxygen atoms in total. The number of anilines is 1. The van der Waals surface area contributed by atoms with Crippen molar-refractivity contribution in [1.29, 1.82) is 0 Å². The average molecular weight is 629 g/mol. The standard InChI is InChI=1S/C32H38ClFN4O4S/c1-36(2)43(41,42)38(29-19-10-9-18-28(29)34)23-31(39)37(22-25-14-11-15-26(33)20-25)30(21-24-12-5-3-6-13-24)32(40)35-27-16-7-4-8-17-27/h3,5-6,9-15,18-20,27,30H,4,7-8,16-17,21-23H2,1-2H3,(H,35,40)/t30-/m0/s1. The first-order valence-corrected chi connectivity index (χ1v) is 16.2. The van der Waals surface area contributed by atoms with Crippen molar-refractivity contribution >= 4 is 39.3 Å². The minimum atomic E-state index is -4.29. The topological polar surface area (TPSA) is 90.0 Å². The molecule has 0 spiro atoms. The second kappa shape index (κ2) is 14.8. The van der Waals surface area contributed by atoms with Gasteiger partial charge in [-0.15, -0.1) is 0 Å². The van der Waals surface area contributed by atoms with E-state index in [2.05, 4.69) is 5.32 Å². The van der Waals surface area contributed by atoms with Gasteiger partial charge in [-0.1, -0.05) is 85.5 Å². The first-order chi connectivity index (χ1) is 20.6. The third-order valence-corrected chi connectivity index (χ3v) is 9.65. The van der Waals surface area contributed by atoms with E-state index >= 15 is 0 Å². The van der Waals surface area contributed by atoms with Crippen LogP contribution in [0.3, 0.4) is 0 Å². The van der Waals surface area contributed by atoms with Crippen molar-refractivity contribution in [3.8, 4) is 0 Å². The number of hydrogen-bond donors (Lipinski definition) is 1. The molecule has 4 rings (SSSR count). The highest BCUT2D eigenvalue weighted by Gasteiger charge is 2.36. The summed E-state index contributed by atoms with van der Waals surface area (Å²) in [7, 11) is -1.67. The lowest BCUT2D eigenvalue weighted by Gasteiger charge is -2.35. The summed E-state index contributed by atoms with van der Waals surface area (Å²) in [6.45, 7) is -0.730. The van der Waals surface area contributed by atoms with Crippen molar-refractivity contribution in [2.75, 3.05) is 24.9 Å². The van der Waals surface area contributed by atoms with Gasteiger partial charge in [0, 0.05) is 38.1 Å². The molecule has 1 N–H and O–H groups in total. The van der Waals surface area contributed by atoms with Crippen LogP contribution in [0.2, 0.25) is 5.02 Å². The quantitative estimate of drug-likeness (QED) is 0.299. The Kier molecular flexibility index (Phi) is 11.2. The van der Waals surface area contributed by atoms with E-state index in [-0.39, 0.29) is 30.6 Å². The Balaban J connectivity index is 1.76. The molecule has 1 fully saturated rings. The fourth-order valence-corrected chi connectivity index (χ4v) is 6.56. The fraction of sp³-hybridized carbons (Fsp3) is 0.375. The van der Waals surface area contributed by atoms with Crippen LogP contribution in [-0.2, 0) is 32.8 Å². The Morgan fingerprint density at radius 1 is 0.930 bits per heavy atom. The molecule has 1 aliphatic carbocycles. The summed E-state index contributed by atoms with van der Waals surface area (Å²) in [6.07, 6.45) is 5.05. The van der Waals surface area contributed by atoms with Crippen LogP contribution in [0.4, 0.5) is 10.1 Å². The molecule has 3 aromatic carbocycles. The van der Waals surface area contributed by atoms with Gasteiger partial charge in [-0.2, -0.15) is 12.7 Å². The number of halogens is 2. The molecule has 0 aromatic heterocycles. The molecule has 0 unspecified atom stereocenters. The van der Waals surface area contributed by atoms with E-state index in [0.29, 0.717) is 10.6 Å². The van der Waals surface area contributed by atoms with Crippen LogP contribution >= 0.6 is 11.6 Å². The smallest absolute Gasteiger partial charge is 0.304 e. The van der Waals surface area contributed by atoms with Crippen LogP contribution in [0.15, 0.2) is 78.9 Å². The van der Waals surface area contributed by atoms with Crippen molar-refractivity contribution < 1.29 is 22.4 Å². The van der Waals surface area contributed by atoms with Crippen LogP contribution in [-0.4, -0.2) is 62.2 Å². The third kappa shape index (κ3) is 8.55. The van der Waals surface area contributed by atoms with Gasteiger partial charge >= 0.3 is 10.2 Å². The third-order valence-electron chi connectivity index (χ3n) is 7.60. The van der Waals surface area contributed by atoms with Gasteiger partial charge in [0.05, 0.1) is 5.69 Å². The Hall–Kier alpha value is -3.47. The van der Waals surface area contributed by atoms with Gasteiger partial charge in [-0.25, -0.2) is 8.70 Å². The average Bonchev–Trinajstić information content (AvgIpc) is 2.99. The number of nitrogens with zero attached hydrogens (tertiary/aromatic N) is 3. The van der Waals surface area contributed by atoms with Gasteiger partial charge < -0.3 is 10.2 Å². The summed E-state index contributed by atoms with van der Waals surface area (Å²) in [5.41, 5.74) is 1.23. The van der Waals surface area contributed by atoms with E-state index in [0.717, 1.165) is 52.3 Å². The maximum Gasteiger partial charge on any atom is 0.304 e. The predicted molar refractivity (Wildman–Crippen MR) is 167 cm³/mol. The molecule has 3 aromatic rings. The number of nitrogens with one attached hydrogen (secondary N) is 1. The zero-order valence-electron chi connectivity index (χ0n) is 24.5. The summed E-state index contributed by atoms with van der Waals surface area (Å²) in [5, 5.41) is 3.61. The monoisotopic (exact) mass is 628 g/mol. The number of benzene rings is 3. The lowest BCUT2D eigenvalue weighted by Crippen LogP contribution is -2.55. The van der Waals surface area contributed by atoms with Crippen molar-refractivity contribution in [2.24, 2.45) is 0 Å². The molecule has 0 bridgehead atoms. The molecule has 11 heteroatoms. The summed E-state index contributed by atoms with van der Waals surface area (Å²) in [4.78, 5) is 29.7. The Labute approximate surface area is 258 Å². The number of amides is 2. The number of rotatable bonds is 12. The molecule has 1 aliphatic rings. The highest BCUT2D eigenvalue weighted by Crippen LogP contribution is 2.25. The highest BCUT2D eigenvalue weighted by atomic mass is 35.5. The van der Waals surface area contributed by atoms with Gasteiger partial charge in [0.15, 0.2) is 0 Å². The van der Waals surface area contributed by atoms with E-state index < -0.39 is 34.5 Å². The first kappa shape index (κ1) is 32.4. The first-order valence-electron chi connectivity index (χ1n) is 14.4. The molecule has 43 heavy (non-hydrogen) atoms. The van der Waals surface area contributed by atoms with Crippen LogP contribution in [0.5, 0.6) is 0 Å². The van der Waals surface area contributed by atoms with Gasteiger partial charge in [-0.3, -0.25) is 9.59 Å². The SMILES string of the molecule is CN(C)S(=O)(=O)N(CC(=O)N(Cc1cccc(Cl)c1)[C@@H](Cc1ccccc1)C(=O)NC1CCCCC1)c1ccccc1F. The van der Waals surface area contributed by atoms with Gasteiger partial charge in [-0.05, 0) is 48.2 Å². The number of hydrogen-bond acceptors (Lipinski definition) is 4. The maximum absolute atomic E-state index is 15.0. The van der Waals surface area contributed by atoms with Crippen LogP contribution in [0.1, 0.15) is 43.2 Å². The molecule has 0 saturated heterocycles. The van der Waals surface area contributed by atoms with E-state index in [1.54, 1.807) is 24.3 Å². The Morgan fingerprint density at radius 2 is 1.58 bits per heavy atom. The second-order valence-corrected chi connectivity index (χ2v) is 13.5. The predicted octanol–water partition coefficient (Wildman–Crippen LogP) is 5.18. The minimum Gasteiger partial charge on any atom is -0.352 e. The molecule has 1 atom stereocenters. The van der Waals surface area contributed by atoms with Crippen molar-refractivity contribution in [2.45, 2.75) is 57.2 Å². The van der Waals surface area contributed by atoms with Gasteiger partial charge in [0.25, 0.3) is 0 Å². The number of carbonyl (C=O) groups is 2. The van der Waals surface area contributed by atoms with Crippen LogP contribution in [0, 0.1) is 5.82 Å². The van der Waals surface area contributed by atoms with E-state index in [9.17, 15) is 22.4 Å². The van der Waals surface area contributed by atoms with E-state index in [4.69, 9.17) is 11.6 Å². The summed E-state index contributed by atoms with van der Waals surface area (Å²) < 4.78 is 43.5. The number of carbonyl (C=O) groups excluding carboxylic acids is 2. The fourth-order valence-electron chi connectivity index (χ4n) is 5.29.